The van der Waals surface area contributed by atoms with Gasteiger partial charge in [0.25, 0.3) is 0 Å². The van der Waals surface area contributed by atoms with Crippen LogP contribution in [-0.4, -0.2) is 55.1 Å². The molecule has 5 aliphatic rings. The molecule has 2 bridgehead atoms. The van der Waals surface area contributed by atoms with E-state index in [2.05, 4.69) is 35.7 Å². The lowest BCUT2D eigenvalue weighted by Gasteiger charge is -2.61. The Hall–Kier alpha value is -3.42. The number of halogens is 4. The minimum Gasteiger partial charge on any atom is -0.443 e. The molecule has 0 unspecified atom stereocenters. The number of nitrogens with zero attached hydrogens (tertiary/aromatic N) is 4. The molecule has 3 aromatic heterocycles. The molecule has 39 heavy (non-hydrogen) atoms. The highest BCUT2D eigenvalue weighted by Crippen LogP contribution is 2.57. The Bertz CT molecular complexity index is 1400. The lowest BCUT2D eigenvalue weighted by molar-refractivity contribution is -0.330. The number of ether oxygens (including phenoxy) is 2. The Labute approximate surface area is 219 Å². The fraction of sp³-hybridized carbons (Fsp3) is 0.600. The van der Waals surface area contributed by atoms with Crippen molar-refractivity contribution in [2.45, 2.75) is 87.6 Å². The van der Waals surface area contributed by atoms with Gasteiger partial charge in [0, 0.05) is 29.1 Å². The number of hydrogen-bond donors (Lipinski definition) is 3. The minimum absolute atomic E-state index is 0.100. The van der Waals surface area contributed by atoms with Crippen LogP contribution in [0.1, 0.15) is 73.9 Å². The van der Waals surface area contributed by atoms with Crippen molar-refractivity contribution in [1.29, 1.82) is 0 Å². The summed E-state index contributed by atoms with van der Waals surface area (Å²) in [5.41, 5.74) is 1.75. The number of aromatic nitrogens is 5. The van der Waals surface area contributed by atoms with Crippen LogP contribution in [0.25, 0.3) is 5.52 Å². The quantitative estimate of drug-likeness (QED) is 0.340. The minimum atomic E-state index is -4.77. The van der Waals surface area contributed by atoms with Crippen molar-refractivity contribution >= 4 is 23.2 Å². The summed E-state index contributed by atoms with van der Waals surface area (Å²) >= 11 is 0. The maximum Gasteiger partial charge on any atom is 0.522 e. The topological polar surface area (TPSA) is 118 Å². The first-order valence-corrected chi connectivity index (χ1v) is 13.2. The number of H-pyrrole nitrogens is 1. The van der Waals surface area contributed by atoms with Crippen LogP contribution >= 0.6 is 0 Å². The second-order valence-corrected chi connectivity index (χ2v) is 11.3. The van der Waals surface area contributed by atoms with Gasteiger partial charge in [0.15, 0.2) is 11.6 Å². The van der Waals surface area contributed by atoms with Crippen LogP contribution < -0.4 is 10.6 Å². The van der Waals surface area contributed by atoms with Crippen LogP contribution in [0.5, 0.6) is 0 Å². The lowest BCUT2D eigenvalue weighted by atomic mass is 9.50. The van der Waals surface area contributed by atoms with E-state index < -0.39 is 37.3 Å². The monoisotopic (exact) mass is 549 g/mol. The van der Waals surface area contributed by atoms with E-state index in [1.165, 1.54) is 10.6 Å². The van der Waals surface area contributed by atoms with Crippen molar-refractivity contribution < 1.29 is 31.8 Å². The zero-order valence-corrected chi connectivity index (χ0v) is 20.8. The molecule has 3 atom stereocenters. The number of amides is 1. The van der Waals surface area contributed by atoms with Gasteiger partial charge in [0.2, 0.25) is 0 Å². The third kappa shape index (κ3) is 4.79. The second kappa shape index (κ2) is 8.80. The van der Waals surface area contributed by atoms with E-state index in [-0.39, 0.29) is 17.2 Å². The van der Waals surface area contributed by atoms with E-state index in [0.717, 1.165) is 37.8 Å². The average Bonchev–Trinajstić information content (AvgIpc) is 3.27. The highest BCUT2D eigenvalue weighted by Gasteiger charge is 2.58. The normalized spacial score (nSPS) is 29.6. The number of alkyl halides is 4. The molecular weight excluding hydrogens is 522 g/mol. The van der Waals surface area contributed by atoms with Crippen molar-refractivity contribution in [2.75, 3.05) is 5.32 Å². The highest BCUT2D eigenvalue weighted by atomic mass is 19.4. The summed E-state index contributed by atoms with van der Waals surface area (Å²) in [5.74, 6) is 1.20. The molecule has 0 spiro atoms. The van der Waals surface area contributed by atoms with Crippen LogP contribution in [0.15, 0.2) is 18.3 Å². The molecule has 14 heteroatoms. The van der Waals surface area contributed by atoms with E-state index in [0.29, 0.717) is 41.6 Å². The van der Waals surface area contributed by atoms with E-state index in [1.807, 2.05) is 0 Å². The number of carbonyl (C=O) groups is 1. The Kier molecular flexibility index (Phi) is 5.55. The number of nitrogens with one attached hydrogen (secondary N) is 3. The van der Waals surface area contributed by atoms with Gasteiger partial charge in [0.05, 0.1) is 17.6 Å². The van der Waals surface area contributed by atoms with Gasteiger partial charge in [-0.3, -0.25) is 9.84 Å². The maximum atomic E-state index is 15.3. The van der Waals surface area contributed by atoms with E-state index >= 15 is 4.39 Å². The SMILES string of the molecule is O=C(NC12CC(C1)C2)O[C@@H]1CC[C@H](c2cc(Nc3nc(C4CC4)cn4nc(COC(F)(F)F)cc34)n[nH]2)[C@@H]1F. The number of anilines is 2. The van der Waals surface area contributed by atoms with Gasteiger partial charge in [-0.25, -0.2) is 18.7 Å². The number of carbonyl (C=O) groups excluding carboxylic acids is 1. The summed E-state index contributed by atoms with van der Waals surface area (Å²) in [6, 6.07) is 3.15. The lowest BCUT2D eigenvalue weighted by Crippen LogP contribution is -2.68. The van der Waals surface area contributed by atoms with Gasteiger partial charge >= 0.3 is 12.5 Å². The van der Waals surface area contributed by atoms with Crippen molar-refractivity contribution in [3.63, 3.8) is 0 Å². The summed E-state index contributed by atoms with van der Waals surface area (Å²) in [4.78, 5) is 17.0. The molecule has 10 nitrogen and oxygen atoms in total. The molecule has 8 rings (SSSR count). The van der Waals surface area contributed by atoms with Crippen LogP contribution in [-0.2, 0) is 16.1 Å². The largest absolute Gasteiger partial charge is 0.522 e. The first-order chi connectivity index (χ1) is 18.6. The zero-order chi connectivity index (χ0) is 26.9. The standard InChI is InChI=1S/C25H27F4N7O3/c26-21-15(3-4-19(21)39-23(37)32-24-7-12(8-24)9-24)16-6-20(34-33-16)31-22-18-5-14(11-38-25(27,28)29)35-36(18)10-17(30-22)13-1-2-13/h5-6,10,12-13,15,19,21H,1-4,7-9,11H2,(H,32,37)(H2,30,31,33,34)/t12?,15-,19-,21+,24?/m1/s1. The van der Waals surface area contributed by atoms with Gasteiger partial charge in [-0.15, -0.1) is 13.2 Å². The van der Waals surface area contributed by atoms with E-state index in [9.17, 15) is 18.0 Å². The molecule has 5 fully saturated rings. The molecule has 3 aromatic rings. The van der Waals surface area contributed by atoms with Gasteiger partial charge in [-0.1, -0.05) is 0 Å². The number of rotatable bonds is 8. The third-order valence-electron chi connectivity index (χ3n) is 8.31. The molecule has 208 valence electrons. The van der Waals surface area contributed by atoms with Crippen LogP contribution in [0.4, 0.5) is 34.0 Å². The van der Waals surface area contributed by atoms with Gasteiger partial charge in [-0.2, -0.15) is 10.2 Å². The van der Waals surface area contributed by atoms with E-state index in [1.54, 1.807) is 12.3 Å². The molecule has 3 heterocycles. The van der Waals surface area contributed by atoms with Gasteiger partial charge in [0.1, 0.15) is 24.4 Å². The molecule has 0 radical (unpaired) electrons. The third-order valence-corrected chi connectivity index (χ3v) is 8.31. The fourth-order valence-electron chi connectivity index (χ4n) is 6.05. The van der Waals surface area contributed by atoms with Gasteiger partial charge < -0.3 is 15.4 Å². The molecule has 3 N–H and O–H groups in total. The summed E-state index contributed by atoms with van der Waals surface area (Å²) in [5, 5.41) is 17.4. The number of alkyl carbamates (subject to hydrolysis) is 1. The zero-order valence-electron chi connectivity index (χ0n) is 20.8. The first-order valence-electron chi connectivity index (χ1n) is 13.2. The second-order valence-electron chi connectivity index (χ2n) is 11.3. The van der Waals surface area contributed by atoms with Crippen molar-refractivity contribution in [2.24, 2.45) is 5.92 Å². The molecule has 5 aliphatic carbocycles. The molecule has 0 aromatic carbocycles. The van der Waals surface area contributed by atoms with Crippen LogP contribution in [0.2, 0.25) is 0 Å². The highest BCUT2D eigenvalue weighted by molar-refractivity contribution is 5.73. The Morgan fingerprint density at radius 3 is 2.67 bits per heavy atom. The summed E-state index contributed by atoms with van der Waals surface area (Å²) in [6.07, 6.45) is -0.0640. The maximum absolute atomic E-state index is 15.3. The number of fused-ring (bicyclic) bond motifs is 1. The average molecular weight is 550 g/mol. The van der Waals surface area contributed by atoms with Gasteiger partial charge in [-0.05, 0) is 56.9 Å². The van der Waals surface area contributed by atoms with Crippen molar-refractivity contribution in [3.8, 4) is 0 Å². The van der Waals surface area contributed by atoms with Crippen molar-refractivity contribution in [3.05, 3.63) is 35.4 Å². The Morgan fingerprint density at radius 1 is 1.18 bits per heavy atom. The Balaban J connectivity index is 1.05. The first kappa shape index (κ1) is 24.6. The number of aromatic amines is 1. The van der Waals surface area contributed by atoms with Crippen molar-refractivity contribution in [1.82, 2.24) is 30.1 Å². The number of hydrogen-bond acceptors (Lipinski definition) is 7. The Morgan fingerprint density at radius 2 is 1.97 bits per heavy atom. The van der Waals surface area contributed by atoms with Crippen LogP contribution in [0.3, 0.4) is 0 Å². The smallest absolute Gasteiger partial charge is 0.443 e. The molecule has 1 amide bonds. The molecule has 0 saturated heterocycles. The summed E-state index contributed by atoms with van der Waals surface area (Å²) < 4.78 is 63.7. The fourth-order valence-corrected chi connectivity index (χ4v) is 6.05. The predicted molar refractivity (Wildman–Crippen MR) is 128 cm³/mol. The van der Waals surface area contributed by atoms with E-state index in [4.69, 9.17) is 4.74 Å². The summed E-state index contributed by atoms with van der Waals surface area (Å²) in [7, 11) is 0. The molecule has 5 saturated carbocycles. The molecule has 0 aliphatic heterocycles. The van der Waals surface area contributed by atoms with Crippen LogP contribution in [0, 0.1) is 5.92 Å². The summed E-state index contributed by atoms with van der Waals surface area (Å²) in [6.45, 7) is -0.724. The predicted octanol–water partition coefficient (Wildman–Crippen LogP) is 4.97. The molecular formula is C25H27F4N7O3.